The number of oxazole rings is 1. The molecule has 1 heterocycles. The van der Waals surface area contributed by atoms with Gasteiger partial charge >= 0.3 is 0 Å². The lowest BCUT2D eigenvalue weighted by Gasteiger charge is -2.06. The average molecular weight is 458 g/mol. The number of halogens is 2. The summed E-state index contributed by atoms with van der Waals surface area (Å²) in [4.78, 5) is 16.8. The highest BCUT2D eigenvalue weighted by molar-refractivity contribution is 14.1. The topological polar surface area (TPSA) is 55.1 Å². The van der Waals surface area contributed by atoms with Gasteiger partial charge < -0.3 is 9.73 Å². The molecular weight excluding hydrogens is 446 g/mol. The highest BCUT2D eigenvalue weighted by Gasteiger charge is 2.14. The molecular formula is C20H12FIN2O2. The molecule has 1 aromatic heterocycles. The number of fused-ring (bicyclic) bond motifs is 1. The molecule has 4 nitrogen and oxygen atoms in total. The van der Waals surface area contributed by atoms with Crippen molar-refractivity contribution in [3.05, 3.63) is 81.7 Å². The number of nitrogens with zero attached hydrogens (tertiary/aromatic N) is 1. The lowest BCUT2D eigenvalue weighted by Crippen LogP contribution is -2.13. The van der Waals surface area contributed by atoms with Gasteiger partial charge in [-0.2, -0.15) is 0 Å². The second-order valence-electron chi connectivity index (χ2n) is 5.62. The SMILES string of the molecule is O=C(Nc1ccc2oc(-c3ccccc3F)nc2c1)c1ccccc1I. The van der Waals surface area contributed by atoms with Gasteiger partial charge in [0.05, 0.1) is 11.1 Å². The van der Waals surface area contributed by atoms with Gasteiger partial charge in [0.25, 0.3) is 5.91 Å². The van der Waals surface area contributed by atoms with E-state index in [-0.39, 0.29) is 11.8 Å². The molecule has 0 aliphatic rings. The van der Waals surface area contributed by atoms with Crippen LogP contribution < -0.4 is 5.32 Å². The smallest absolute Gasteiger partial charge is 0.256 e. The Morgan fingerprint density at radius 1 is 1.04 bits per heavy atom. The second-order valence-corrected chi connectivity index (χ2v) is 6.78. The number of aromatic nitrogens is 1. The molecule has 0 aliphatic carbocycles. The van der Waals surface area contributed by atoms with Crippen LogP contribution in [0.1, 0.15) is 10.4 Å². The molecule has 3 aromatic carbocycles. The van der Waals surface area contributed by atoms with E-state index in [1.165, 1.54) is 6.07 Å². The van der Waals surface area contributed by atoms with Gasteiger partial charge in [-0.25, -0.2) is 9.37 Å². The highest BCUT2D eigenvalue weighted by Crippen LogP contribution is 2.28. The van der Waals surface area contributed by atoms with E-state index in [2.05, 4.69) is 32.9 Å². The van der Waals surface area contributed by atoms with Crippen LogP contribution in [0.5, 0.6) is 0 Å². The molecule has 1 N–H and O–H groups in total. The van der Waals surface area contributed by atoms with Crippen LogP contribution >= 0.6 is 22.6 Å². The van der Waals surface area contributed by atoms with E-state index < -0.39 is 5.82 Å². The van der Waals surface area contributed by atoms with Crippen LogP contribution in [0.3, 0.4) is 0 Å². The first-order valence-corrected chi connectivity index (χ1v) is 8.91. The van der Waals surface area contributed by atoms with Crippen molar-refractivity contribution < 1.29 is 13.6 Å². The minimum atomic E-state index is -0.397. The van der Waals surface area contributed by atoms with E-state index in [0.717, 1.165) is 3.57 Å². The summed E-state index contributed by atoms with van der Waals surface area (Å²) in [6.07, 6.45) is 0. The van der Waals surface area contributed by atoms with Crippen LogP contribution in [0.15, 0.2) is 71.1 Å². The van der Waals surface area contributed by atoms with Crippen LogP contribution in [-0.2, 0) is 0 Å². The van der Waals surface area contributed by atoms with E-state index in [4.69, 9.17) is 4.42 Å². The third kappa shape index (κ3) is 3.20. The zero-order valence-corrected chi connectivity index (χ0v) is 15.5. The number of hydrogen-bond donors (Lipinski definition) is 1. The maximum atomic E-state index is 13.9. The van der Waals surface area contributed by atoms with Crippen molar-refractivity contribution in [2.75, 3.05) is 5.32 Å². The summed E-state index contributed by atoms with van der Waals surface area (Å²) in [6, 6.07) is 18.8. The maximum absolute atomic E-state index is 13.9. The van der Waals surface area contributed by atoms with Crippen molar-refractivity contribution in [1.29, 1.82) is 0 Å². The van der Waals surface area contributed by atoms with Crippen molar-refractivity contribution in [3.63, 3.8) is 0 Å². The normalized spacial score (nSPS) is 10.8. The quantitative estimate of drug-likeness (QED) is 0.413. The van der Waals surface area contributed by atoms with Gasteiger partial charge in [-0.05, 0) is 65.1 Å². The molecule has 0 fully saturated rings. The van der Waals surface area contributed by atoms with E-state index >= 15 is 0 Å². The minimum absolute atomic E-state index is 0.202. The van der Waals surface area contributed by atoms with Crippen LogP contribution in [0, 0.1) is 9.39 Å². The highest BCUT2D eigenvalue weighted by atomic mass is 127. The van der Waals surface area contributed by atoms with Crippen LogP contribution in [-0.4, -0.2) is 10.9 Å². The molecule has 0 bridgehead atoms. The van der Waals surface area contributed by atoms with Crippen LogP contribution in [0.4, 0.5) is 10.1 Å². The molecule has 4 aromatic rings. The number of rotatable bonds is 3. The molecule has 0 spiro atoms. The van der Waals surface area contributed by atoms with Gasteiger partial charge in [0.15, 0.2) is 5.58 Å². The molecule has 6 heteroatoms. The Morgan fingerprint density at radius 3 is 2.62 bits per heavy atom. The van der Waals surface area contributed by atoms with Gasteiger partial charge in [0, 0.05) is 9.26 Å². The molecule has 128 valence electrons. The second kappa shape index (κ2) is 6.87. The molecule has 0 atom stereocenters. The average Bonchev–Trinajstić information content (AvgIpc) is 3.05. The third-order valence-electron chi connectivity index (χ3n) is 3.87. The van der Waals surface area contributed by atoms with Crippen molar-refractivity contribution in [3.8, 4) is 11.5 Å². The van der Waals surface area contributed by atoms with Gasteiger partial charge in [0.1, 0.15) is 11.3 Å². The largest absolute Gasteiger partial charge is 0.436 e. The van der Waals surface area contributed by atoms with Gasteiger partial charge in [0.2, 0.25) is 5.89 Å². The van der Waals surface area contributed by atoms with E-state index in [9.17, 15) is 9.18 Å². The fourth-order valence-electron chi connectivity index (χ4n) is 2.60. The van der Waals surface area contributed by atoms with Crippen LogP contribution in [0.25, 0.3) is 22.6 Å². The first kappa shape index (κ1) is 16.7. The maximum Gasteiger partial charge on any atom is 0.256 e. The summed E-state index contributed by atoms with van der Waals surface area (Å²) in [5.74, 6) is -0.391. The predicted molar refractivity (Wildman–Crippen MR) is 107 cm³/mol. The lowest BCUT2D eigenvalue weighted by atomic mass is 10.2. The molecule has 4 rings (SSSR count). The first-order valence-electron chi connectivity index (χ1n) is 7.83. The lowest BCUT2D eigenvalue weighted by molar-refractivity contribution is 0.102. The van der Waals surface area contributed by atoms with E-state index in [1.54, 1.807) is 42.5 Å². The van der Waals surface area contributed by atoms with Crippen molar-refractivity contribution in [2.24, 2.45) is 0 Å². The number of anilines is 1. The molecule has 26 heavy (non-hydrogen) atoms. The first-order chi connectivity index (χ1) is 12.6. The summed E-state index contributed by atoms with van der Waals surface area (Å²) in [6.45, 7) is 0. The number of benzene rings is 3. The Labute approximate surface area is 162 Å². The molecule has 0 saturated heterocycles. The molecule has 0 aliphatic heterocycles. The molecule has 0 unspecified atom stereocenters. The summed E-state index contributed by atoms with van der Waals surface area (Å²) < 4.78 is 20.4. The standard InChI is InChI=1S/C20H12FIN2O2/c21-15-7-3-1-5-13(15)20-24-17-11-12(9-10-18(17)26-20)23-19(25)14-6-2-4-8-16(14)22/h1-11H,(H,23,25). The Morgan fingerprint density at radius 2 is 1.81 bits per heavy atom. The predicted octanol–water partition coefficient (Wildman–Crippen LogP) is 5.49. The monoisotopic (exact) mass is 458 g/mol. The number of nitrogens with one attached hydrogen (secondary N) is 1. The van der Waals surface area contributed by atoms with Crippen molar-refractivity contribution in [1.82, 2.24) is 4.98 Å². The Hall–Kier alpha value is -2.74. The summed E-state index contributed by atoms with van der Waals surface area (Å²) in [5, 5.41) is 2.85. The Balaban J connectivity index is 1.65. The Kier molecular flexibility index (Phi) is 4.42. The number of carbonyl (C=O) groups excluding carboxylic acids is 1. The fraction of sp³-hybridized carbons (Fsp3) is 0. The van der Waals surface area contributed by atoms with E-state index in [0.29, 0.717) is 27.9 Å². The number of carbonyl (C=O) groups is 1. The van der Waals surface area contributed by atoms with Crippen molar-refractivity contribution >= 4 is 45.3 Å². The third-order valence-corrected chi connectivity index (χ3v) is 4.81. The zero-order valence-electron chi connectivity index (χ0n) is 13.4. The summed E-state index contributed by atoms with van der Waals surface area (Å²) in [7, 11) is 0. The minimum Gasteiger partial charge on any atom is -0.436 e. The summed E-state index contributed by atoms with van der Waals surface area (Å²) in [5.41, 5.74) is 2.56. The van der Waals surface area contributed by atoms with Crippen LogP contribution in [0.2, 0.25) is 0 Å². The number of hydrogen-bond acceptors (Lipinski definition) is 3. The van der Waals surface area contributed by atoms with Gasteiger partial charge in [-0.3, -0.25) is 4.79 Å². The molecule has 0 radical (unpaired) electrons. The van der Waals surface area contributed by atoms with Gasteiger partial charge in [-0.15, -0.1) is 0 Å². The Bertz CT molecular complexity index is 1120. The van der Waals surface area contributed by atoms with E-state index in [1.807, 2.05) is 18.2 Å². The summed E-state index contributed by atoms with van der Waals surface area (Å²) >= 11 is 2.12. The fourth-order valence-corrected chi connectivity index (χ4v) is 3.23. The van der Waals surface area contributed by atoms with Gasteiger partial charge in [-0.1, -0.05) is 24.3 Å². The number of amides is 1. The zero-order chi connectivity index (χ0) is 18.1. The molecule has 0 saturated carbocycles. The van der Waals surface area contributed by atoms with Crippen molar-refractivity contribution in [2.45, 2.75) is 0 Å². The molecule has 1 amide bonds.